The summed E-state index contributed by atoms with van der Waals surface area (Å²) in [5.41, 5.74) is 4.32. The van der Waals surface area contributed by atoms with E-state index in [1.165, 1.54) is 13.3 Å². The molecule has 1 aromatic heterocycles. The Balaban J connectivity index is 1.64. The van der Waals surface area contributed by atoms with E-state index in [1.54, 1.807) is 48.5 Å². The number of methoxy groups -OCH3 is 1. The number of hydrogen-bond donors (Lipinski definition) is 1. The lowest BCUT2D eigenvalue weighted by molar-refractivity contribution is 0.0955. The van der Waals surface area contributed by atoms with Crippen LogP contribution >= 0.6 is 0 Å². The summed E-state index contributed by atoms with van der Waals surface area (Å²) in [4.78, 5) is 12.1. The van der Waals surface area contributed by atoms with Gasteiger partial charge in [-0.25, -0.2) is 5.43 Å². The van der Waals surface area contributed by atoms with E-state index in [0.29, 0.717) is 28.4 Å². The average molecular weight is 345 g/mol. The van der Waals surface area contributed by atoms with Crippen molar-refractivity contribution in [3.05, 3.63) is 77.6 Å². The summed E-state index contributed by atoms with van der Waals surface area (Å²) in [5.74, 6) is 1.39. The van der Waals surface area contributed by atoms with Crippen molar-refractivity contribution in [2.24, 2.45) is 5.10 Å². The number of amides is 1. The number of carbonyl (C=O) groups is 1. The van der Waals surface area contributed by atoms with Gasteiger partial charge in [-0.15, -0.1) is 0 Å². The summed E-state index contributed by atoms with van der Waals surface area (Å²) in [6.07, 6.45) is 1.42. The van der Waals surface area contributed by atoms with Gasteiger partial charge >= 0.3 is 0 Å². The number of benzene rings is 2. The van der Waals surface area contributed by atoms with Gasteiger partial charge in [0.1, 0.15) is 17.3 Å². The number of nitrogens with one attached hydrogen (secondary N) is 1. The predicted octanol–water partition coefficient (Wildman–Crippen LogP) is 3.59. The van der Waals surface area contributed by atoms with Crippen LogP contribution in [-0.2, 0) is 0 Å². The first-order chi connectivity index (χ1) is 12.7. The van der Waals surface area contributed by atoms with Gasteiger partial charge in [-0.2, -0.15) is 10.4 Å². The van der Waals surface area contributed by atoms with Crippen molar-refractivity contribution >= 4 is 12.1 Å². The Hall–Kier alpha value is -3.85. The number of nitrogens with zero attached hydrogens (tertiary/aromatic N) is 2. The molecule has 1 N–H and O–H groups in total. The topological polar surface area (TPSA) is 87.6 Å². The van der Waals surface area contributed by atoms with Crippen LogP contribution in [-0.4, -0.2) is 19.2 Å². The van der Waals surface area contributed by atoms with E-state index in [2.05, 4.69) is 16.6 Å². The average Bonchev–Trinajstić information content (AvgIpc) is 3.17. The molecule has 0 fully saturated rings. The van der Waals surface area contributed by atoms with Crippen LogP contribution in [0.1, 0.15) is 21.7 Å². The maximum atomic E-state index is 12.1. The van der Waals surface area contributed by atoms with Gasteiger partial charge in [0.15, 0.2) is 0 Å². The van der Waals surface area contributed by atoms with E-state index >= 15 is 0 Å². The number of carbonyl (C=O) groups excluding carboxylic acids is 1. The molecule has 0 radical (unpaired) electrons. The van der Waals surface area contributed by atoms with Gasteiger partial charge in [0.05, 0.1) is 25.0 Å². The summed E-state index contributed by atoms with van der Waals surface area (Å²) >= 11 is 0. The summed E-state index contributed by atoms with van der Waals surface area (Å²) in [5, 5.41) is 12.7. The van der Waals surface area contributed by atoms with Crippen LogP contribution in [0.3, 0.4) is 0 Å². The third kappa shape index (κ3) is 3.97. The van der Waals surface area contributed by atoms with Crippen molar-refractivity contribution in [1.29, 1.82) is 5.26 Å². The lowest BCUT2D eigenvalue weighted by atomic mass is 10.1. The Morgan fingerprint density at radius 2 is 2.00 bits per heavy atom. The van der Waals surface area contributed by atoms with E-state index in [4.69, 9.17) is 14.4 Å². The molecule has 6 nitrogen and oxygen atoms in total. The van der Waals surface area contributed by atoms with Gasteiger partial charge < -0.3 is 9.15 Å². The number of furan rings is 1. The van der Waals surface area contributed by atoms with Gasteiger partial charge in [-0.05, 0) is 54.6 Å². The SMILES string of the molecule is COc1cccc(C(=O)N/N=C\c2ccc(-c3ccc(C#N)cc3)o2)c1. The summed E-state index contributed by atoms with van der Waals surface area (Å²) in [7, 11) is 1.54. The quantitative estimate of drug-likeness (QED) is 0.565. The predicted molar refractivity (Wildman–Crippen MR) is 96.9 cm³/mol. The summed E-state index contributed by atoms with van der Waals surface area (Å²) in [6.45, 7) is 0. The number of hydrazone groups is 1. The highest BCUT2D eigenvalue weighted by atomic mass is 16.5. The zero-order valence-corrected chi connectivity index (χ0v) is 14.0. The second kappa shape index (κ2) is 7.81. The number of rotatable bonds is 5. The number of ether oxygens (including phenoxy) is 1. The van der Waals surface area contributed by atoms with Crippen molar-refractivity contribution in [2.45, 2.75) is 0 Å². The van der Waals surface area contributed by atoms with Gasteiger partial charge in [0.2, 0.25) is 0 Å². The Labute approximate surface area is 150 Å². The molecule has 0 saturated heterocycles. The number of nitriles is 1. The molecule has 6 heteroatoms. The zero-order chi connectivity index (χ0) is 18.4. The van der Waals surface area contributed by atoms with Crippen LogP contribution < -0.4 is 10.2 Å². The molecule has 3 rings (SSSR count). The Kier molecular flexibility index (Phi) is 5.11. The van der Waals surface area contributed by atoms with Crippen molar-refractivity contribution < 1.29 is 13.9 Å². The molecule has 0 atom stereocenters. The van der Waals surface area contributed by atoms with E-state index in [0.717, 1.165) is 5.56 Å². The molecular formula is C20H15N3O3. The molecule has 128 valence electrons. The van der Waals surface area contributed by atoms with Crippen molar-refractivity contribution in [2.75, 3.05) is 7.11 Å². The largest absolute Gasteiger partial charge is 0.497 e. The Bertz CT molecular complexity index is 982. The minimum Gasteiger partial charge on any atom is -0.497 e. The van der Waals surface area contributed by atoms with Crippen LogP contribution in [0.25, 0.3) is 11.3 Å². The molecule has 0 aliphatic carbocycles. The van der Waals surface area contributed by atoms with Crippen LogP contribution in [0.4, 0.5) is 0 Å². The highest BCUT2D eigenvalue weighted by molar-refractivity contribution is 5.95. The molecule has 26 heavy (non-hydrogen) atoms. The maximum Gasteiger partial charge on any atom is 0.271 e. The van der Waals surface area contributed by atoms with E-state index in [-0.39, 0.29) is 5.91 Å². The normalized spacial score (nSPS) is 10.5. The van der Waals surface area contributed by atoms with Gasteiger partial charge in [-0.3, -0.25) is 4.79 Å². The molecule has 0 aliphatic rings. The van der Waals surface area contributed by atoms with E-state index in [9.17, 15) is 4.79 Å². The van der Waals surface area contributed by atoms with Gasteiger partial charge in [0, 0.05) is 11.1 Å². The van der Waals surface area contributed by atoms with Crippen LogP contribution in [0.2, 0.25) is 0 Å². The molecule has 1 heterocycles. The lowest BCUT2D eigenvalue weighted by Gasteiger charge is -2.02. The number of hydrogen-bond acceptors (Lipinski definition) is 5. The standard InChI is InChI=1S/C20H15N3O3/c1-25-17-4-2-3-16(11-17)20(24)23-22-13-18-9-10-19(26-18)15-7-5-14(12-21)6-8-15/h2-11,13H,1H3,(H,23,24)/b22-13-. The van der Waals surface area contributed by atoms with E-state index < -0.39 is 0 Å². The first kappa shape index (κ1) is 17.0. The smallest absolute Gasteiger partial charge is 0.271 e. The van der Waals surface area contributed by atoms with Gasteiger partial charge in [0.25, 0.3) is 5.91 Å². The zero-order valence-electron chi connectivity index (χ0n) is 14.0. The molecule has 0 saturated carbocycles. The highest BCUT2D eigenvalue weighted by Gasteiger charge is 2.06. The summed E-state index contributed by atoms with van der Waals surface area (Å²) < 4.78 is 10.8. The van der Waals surface area contributed by atoms with Crippen LogP contribution in [0.5, 0.6) is 5.75 Å². The molecular weight excluding hydrogens is 330 g/mol. The second-order valence-corrected chi connectivity index (χ2v) is 5.32. The molecule has 0 bridgehead atoms. The molecule has 3 aromatic rings. The Morgan fingerprint density at radius 1 is 1.19 bits per heavy atom. The van der Waals surface area contributed by atoms with Crippen molar-refractivity contribution in [3.8, 4) is 23.1 Å². The molecule has 0 unspecified atom stereocenters. The Morgan fingerprint density at radius 3 is 2.73 bits per heavy atom. The first-order valence-electron chi connectivity index (χ1n) is 7.77. The fraction of sp³-hybridized carbons (Fsp3) is 0.0500. The maximum absolute atomic E-state index is 12.1. The van der Waals surface area contributed by atoms with E-state index in [1.807, 2.05) is 12.1 Å². The van der Waals surface area contributed by atoms with Crippen molar-refractivity contribution in [1.82, 2.24) is 5.43 Å². The fourth-order valence-electron chi connectivity index (χ4n) is 2.27. The third-order valence-electron chi connectivity index (χ3n) is 3.62. The minimum atomic E-state index is -0.348. The molecule has 1 amide bonds. The second-order valence-electron chi connectivity index (χ2n) is 5.32. The van der Waals surface area contributed by atoms with Crippen LogP contribution in [0, 0.1) is 11.3 Å². The van der Waals surface area contributed by atoms with Crippen LogP contribution in [0.15, 0.2) is 70.2 Å². The monoisotopic (exact) mass is 345 g/mol. The molecule has 0 aliphatic heterocycles. The first-order valence-corrected chi connectivity index (χ1v) is 7.77. The molecule has 2 aromatic carbocycles. The minimum absolute atomic E-state index is 0.348. The highest BCUT2D eigenvalue weighted by Crippen LogP contribution is 2.21. The molecule has 0 spiro atoms. The lowest BCUT2D eigenvalue weighted by Crippen LogP contribution is -2.17. The summed E-state index contributed by atoms with van der Waals surface area (Å²) in [6, 6.07) is 19.5. The fourth-order valence-corrected chi connectivity index (χ4v) is 2.27. The third-order valence-corrected chi connectivity index (χ3v) is 3.62. The van der Waals surface area contributed by atoms with Gasteiger partial charge in [-0.1, -0.05) is 6.07 Å². The van der Waals surface area contributed by atoms with Crippen molar-refractivity contribution in [3.63, 3.8) is 0 Å².